The van der Waals surface area contributed by atoms with Crippen molar-refractivity contribution in [2.24, 2.45) is 7.05 Å². The van der Waals surface area contributed by atoms with Crippen molar-refractivity contribution in [3.63, 3.8) is 0 Å². The van der Waals surface area contributed by atoms with Crippen LogP contribution in [0.2, 0.25) is 0 Å². The van der Waals surface area contributed by atoms with Gasteiger partial charge in [-0.25, -0.2) is 0 Å². The van der Waals surface area contributed by atoms with E-state index in [2.05, 4.69) is 10.4 Å². The van der Waals surface area contributed by atoms with Gasteiger partial charge in [-0.15, -0.1) is 0 Å². The molecule has 1 aromatic heterocycles. The second kappa shape index (κ2) is 6.42. The average molecular weight is 355 g/mol. The topological polar surface area (TPSA) is 56.1 Å². The minimum absolute atomic E-state index is 0.165. The van der Waals surface area contributed by atoms with Crippen molar-refractivity contribution in [3.8, 4) is 5.75 Å². The van der Waals surface area contributed by atoms with Crippen LogP contribution in [0.4, 0.5) is 18.9 Å². The summed E-state index contributed by atoms with van der Waals surface area (Å²) >= 11 is 0. The maximum Gasteiger partial charge on any atom is 0.435 e. The number of nitrogens with zero attached hydrogens (tertiary/aromatic N) is 2. The predicted octanol–water partition coefficient (Wildman–Crippen LogP) is 4.00. The van der Waals surface area contributed by atoms with E-state index in [-0.39, 0.29) is 11.1 Å². The SMILES string of the molecule is COc1ccc(C(C)(C)C)cc1NC(=O)c1cc(C(F)(F)F)nn1C. The zero-order valence-electron chi connectivity index (χ0n) is 14.7. The summed E-state index contributed by atoms with van der Waals surface area (Å²) in [7, 11) is 2.74. The number of amides is 1. The summed E-state index contributed by atoms with van der Waals surface area (Å²) in [5.74, 6) is -0.283. The minimum atomic E-state index is -4.61. The van der Waals surface area contributed by atoms with Crippen molar-refractivity contribution in [1.82, 2.24) is 9.78 Å². The van der Waals surface area contributed by atoms with Gasteiger partial charge in [0.1, 0.15) is 11.4 Å². The van der Waals surface area contributed by atoms with Gasteiger partial charge in [0, 0.05) is 13.1 Å². The highest BCUT2D eigenvalue weighted by Gasteiger charge is 2.35. The maximum atomic E-state index is 12.7. The van der Waals surface area contributed by atoms with Gasteiger partial charge in [-0.05, 0) is 23.1 Å². The van der Waals surface area contributed by atoms with Crippen LogP contribution in [-0.4, -0.2) is 22.8 Å². The zero-order chi connectivity index (χ0) is 19.0. The molecule has 25 heavy (non-hydrogen) atoms. The monoisotopic (exact) mass is 355 g/mol. The molecule has 5 nitrogen and oxygen atoms in total. The van der Waals surface area contributed by atoms with Crippen LogP contribution in [0.25, 0.3) is 0 Å². The molecule has 2 aromatic rings. The van der Waals surface area contributed by atoms with Crippen LogP contribution in [0.3, 0.4) is 0 Å². The lowest BCUT2D eigenvalue weighted by Gasteiger charge is -2.21. The van der Waals surface area contributed by atoms with Crippen LogP contribution in [0.15, 0.2) is 24.3 Å². The lowest BCUT2D eigenvalue weighted by molar-refractivity contribution is -0.141. The molecule has 0 atom stereocenters. The van der Waals surface area contributed by atoms with Gasteiger partial charge in [0.05, 0.1) is 12.8 Å². The van der Waals surface area contributed by atoms with Crippen LogP contribution in [0, 0.1) is 0 Å². The van der Waals surface area contributed by atoms with E-state index in [1.807, 2.05) is 26.8 Å². The molecule has 1 N–H and O–H groups in total. The van der Waals surface area contributed by atoms with E-state index in [1.54, 1.807) is 12.1 Å². The Morgan fingerprint density at radius 2 is 1.84 bits per heavy atom. The smallest absolute Gasteiger partial charge is 0.435 e. The number of carbonyl (C=O) groups is 1. The highest BCUT2D eigenvalue weighted by atomic mass is 19.4. The van der Waals surface area contributed by atoms with Gasteiger partial charge in [0.15, 0.2) is 5.69 Å². The fourth-order valence-electron chi connectivity index (χ4n) is 2.28. The van der Waals surface area contributed by atoms with Crippen LogP contribution < -0.4 is 10.1 Å². The number of ether oxygens (including phenoxy) is 1. The molecular formula is C17H20F3N3O2. The summed E-state index contributed by atoms with van der Waals surface area (Å²) in [6.07, 6.45) is -4.61. The first-order chi connectivity index (χ1) is 11.4. The van der Waals surface area contributed by atoms with E-state index in [4.69, 9.17) is 4.74 Å². The molecule has 0 spiro atoms. The fraction of sp³-hybridized carbons (Fsp3) is 0.412. The van der Waals surface area contributed by atoms with E-state index < -0.39 is 17.8 Å². The molecule has 8 heteroatoms. The number of aromatic nitrogens is 2. The summed E-state index contributed by atoms with van der Waals surface area (Å²) < 4.78 is 44.4. The van der Waals surface area contributed by atoms with Crippen molar-refractivity contribution >= 4 is 11.6 Å². The zero-order valence-corrected chi connectivity index (χ0v) is 14.7. The Hall–Kier alpha value is -2.51. The van der Waals surface area contributed by atoms with Gasteiger partial charge < -0.3 is 10.1 Å². The molecule has 0 saturated heterocycles. The number of alkyl halides is 3. The van der Waals surface area contributed by atoms with E-state index in [0.29, 0.717) is 11.4 Å². The van der Waals surface area contributed by atoms with Crippen molar-refractivity contribution < 1.29 is 22.7 Å². The quantitative estimate of drug-likeness (QED) is 0.905. The van der Waals surface area contributed by atoms with Crippen LogP contribution in [0.1, 0.15) is 42.5 Å². The normalized spacial score (nSPS) is 12.2. The van der Waals surface area contributed by atoms with Crippen molar-refractivity contribution in [1.29, 1.82) is 0 Å². The van der Waals surface area contributed by atoms with Gasteiger partial charge >= 0.3 is 6.18 Å². The molecule has 0 unspecified atom stereocenters. The van der Waals surface area contributed by atoms with E-state index >= 15 is 0 Å². The van der Waals surface area contributed by atoms with Gasteiger partial charge in [-0.1, -0.05) is 26.8 Å². The number of hydrogen-bond acceptors (Lipinski definition) is 3. The Balaban J connectivity index is 2.36. The number of anilines is 1. The third-order valence-corrected chi connectivity index (χ3v) is 3.72. The maximum absolute atomic E-state index is 12.7. The summed E-state index contributed by atoms with van der Waals surface area (Å²) in [5.41, 5.74) is -0.146. The Morgan fingerprint density at radius 3 is 2.32 bits per heavy atom. The number of aryl methyl sites for hydroxylation is 1. The van der Waals surface area contributed by atoms with Crippen molar-refractivity contribution in [2.45, 2.75) is 32.4 Å². The summed E-state index contributed by atoms with van der Waals surface area (Å²) in [6, 6.07) is 6.05. The van der Waals surface area contributed by atoms with Crippen molar-refractivity contribution in [2.75, 3.05) is 12.4 Å². The van der Waals surface area contributed by atoms with Crippen LogP contribution >= 0.6 is 0 Å². The fourth-order valence-corrected chi connectivity index (χ4v) is 2.28. The number of carbonyl (C=O) groups excluding carboxylic acids is 1. The van der Waals surface area contributed by atoms with Gasteiger partial charge in [0.2, 0.25) is 0 Å². The van der Waals surface area contributed by atoms with Crippen LogP contribution in [0.5, 0.6) is 5.75 Å². The molecule has 1 amide bonds. The Kier molecular flexibility index (Phi) is 4.83. The summed E-state index contributed by atoms with van der Waals surface area (Å²) in [6.45, 7) is 6.03. The number of halogens is 3. The molecule has 136 valence electrons. The molecule has 2 rings (SSSR count). The van der Waals surface area contributed by atoms with E-state index in [9.17, 15) is 18.0 Å². The lowest BCUT2D eigenvalue weighted by Crippen LogP contribution is -2.18. The van der Waals surface area contributed by atoms with Gasteiger partial charge in [-0.3, -0.25) is 9.48 Å². The molecule has 0 aliphatic rings. The predicted molar refractivity (Wildman–Crippen MR) is 87.9 cm³/mol. The molecule has 0 aliphatic carbocycles. The first-order valence-electron chi connectivity index (χ1n) is 7.54. The number of benzene rings is 1. The molecular weight excluding hydrogens is 335 g/mol. The number of rotatable bonds is 3. The first kappa shape index (κ1) is 18.8. The number of nitrogens with one attached hydrogen (secondary N) is 1. The largest absolute Gasteiger partial charge is 0.495 e. The molecule has 1 aromatic carbocycles. The molecule has 0 bridgehead atoms. The third-order valence-electron chi connectivity index (χ3n) is 3.72. The van der Waals surface area contributed by atoms with E-state index in [0.717, 1.165) is 16.3 Å². The Labute approximate surface area is 143 Å². The summed E-state index contributed by atoms with van der Waals surface area (Å²) in [4.78, 5) is 12.4. The second-order valence-corrected chi connectivity index (χ2v) is 6.66. The Bertz CT molecular complexity index is 789. The highest BCUT2D eigenvalue weighted by Crippen LogP contribution is 2.32. The molecule has 1 heterocycles. The molecule has 0 radical (unpaired) electrons. The standard InChI is InChI=1S/C17H20F3N3O2/c1-16(2,3)10-6-7-13(25-5)11(8-10)21-15(24)12-9-14(17(18,19)20)22-23(12)4/h6-9H,1-5H3,(H,21,24). The second-order valence-electron chi connectivity index (χ2n) is 6.66. The highest BCUT2D eigenvalue weighted by molar-refractivity contribution is 6.04. The van der Waals surface area contributed by atoms with E-state index in [1.165, 1.54) is 14.2 Å². The average Bonchev–Trinajstić information content (AvgIpc) is 2.88. The van der Waals surface area contributed by atoms with Crippen LogP contribution in [-0.2, 0) is 18.6 Å². The van der Waals surface area contributed by atoms with Gasteiger partial charge in [-0.2, -0.15) is 18.3 Å². The Morgan fingerprint density at radius 1 is 1.20 bits per heavy atom. The first-order valence-corrected chi connectivity index (χ1v) is 7.54. The number of methoxy groups -OCH3 is 1. The molecule has 0 fully saturated rings. The molecule has 0 aliphatic heterocycles. The lowest BCUT2D eigenvalue weighted by atomic mass is 9.87. The summed E-state index contributed by atoms with van der Waals surface area (Å²) in [5, 5.41) is 5.95. The molecule has 0 saturated carbocycles. The third kappa shape index (κ3) is 4.12. The number of hydrogen-bond donors (Lipinski definition) is 1. The minimum Gasteiger partial charge on any atom is -0.495 e. The van der Waals surface area contributed by atoms with Crippen molar-refractivity contribution in [3.05, 3.63) is 41.2 Å². The van der Waals surface area contributed by atoms with Gasteiger partial charge in [0.25, 0.3) is 5.91 Å².